The molecule has 0 aromatic carbocycles. The average molecular weight is 277 g/mol. The minimum Gasteiger partial charge on any atom is -0.378 e. The van der Waals surface area contributed by atoms with Crippen molar-refractivity contribution in [1.29, 1.82) is 0 Å². The molecule has 2 unspecified atom stereocenters. The molecule has 1 heterocycles. The number of rotatable bonds is 7. The Balaban J connectivity index is 2.15. The molecule has 2 atom stereocenters. The summed E-state index contributed by atoms with van der Waals surface area (Å²) in [5.41, 5.74) is 0.507. The molecular weight excluding hydrogens is 252 g/mol. The molecule has 0 spiro atoms. The van der Waals surface area contributed by atoms with Gasteiger partial charge in [-0.3, -0.25) is 0 Å². The molecule has 0 aliphatic carbocycles. The topological polar surface area (TPSA) is 9.23 Å². The van der Waals surface area contributed by atoms with Crippen molar-refractivity contribution in [2.24, 2.45) is 5.41 Å². The van der Waals surface area contributed by atoms with E-state index in [4.69, 9.17) is 4.74 Å². The molecule has 0 N–H and O–H groups in total. The van der Waals surface area contributed by atoms with Gasteiger partial charge in [0.15, 0.2) is 0 Å². The van der Waals surface area contributed by atoms with Gasteiger partial charge in [0, 0.05) is 11.9 Å². The Morgan fingerprint density at radius 2 is 2.20 bits per heavy atom. The maximum absolute atomic E-state index is 5.65. The van der Waals surface area contributed by atoms with Crippen LogP contribution in [-0.2, 0) is 4.74 Å². The summed E-state index contributed by atoms with van der Waals surface area (Å²) in [4.78, 5) is 0. The molecule has 2 heteroatoms. The van der Waals surface area contributed by atoms with Gasteiger partial charge in [-0.05, 0) is 37.5 Å². The normalized spacial score (nSPS) is 25.4. The standard InChI is InChI=1S/C13H25BrO/c1-3-8-13(2,11-14)9-4-6-12-7-5-10-15-12/h12H,3-11H2,1-2H3. The van der Waals surface area contributed by atoms with Crippen molar-refractivity contribution < 1.29 is 4.74 Å². The third kappa shape index (κ3) is 4.86. The molecule has 0 amide bonds. The zero-order valence-corrected chi connectivity index (χ0v) is 11.8. The molecule has 15 heavy (non-hydrogen) atoms. The molecule has 0 aromatic rings. The first-order valence-corrected chi connectivity index (χ1v) is 7.50. The maximum atomic E-state index is 5.65. The fourth-order valence-corrected chi connectivity index (χ4v) is 3.05. The second-order valence-corrected chi connectivity index (χ2v) is 5.78. The SMILES string of the molecule is CCCC(C)(CBr)CCCC1CCCO1. The van der Waals surface area contributed by atoms with Crippen molar-refractivity contribution in [2.75, 3.05) is 11.9 Å². The minimum atomic E-state index is 0.507. The minimum absolute atomic E-state index is 0.507. The fraction of sp³-hybridized carbons (Fsp3) is 1.00. The predicted octanol–water partition coefficient (Wildman–Crippen LogP) is 4.54. The van der Waals surface area contributed by atoms with Gasteiger partial charge in [-0.1, -0.05) is 42.6 Å². The molecule has 0 bridgehead atoms. The van der Waals surface area contributed by atoms with Crippen molar-refractivity contribution in [3.05, 3.63) is 0 Å². The molecule has 1 nitrogen and oxygen atoms in total. The van der Waals surface area contributed by atoms with Gasteiger partial charge in [-0.25, -0.2) is 0 Å². The van der Waals surface area contributed by atoms with Gasteiger partial charge in [-0.15, -0.1) is 0 Å². The number of hydrogen-bond acceptors (Lipinski definition) is 1. The third-order valence-corrected chi connectivity index (χ3v) is 4.86. The van der Waals surface area contributed by atoms with Crippen LogP contribution in [0.25, 0.3) is 0 Å². The largest absolute Gasteiger partial charge is 0.378 e. The first-order valence-electron chi connectivity index (χ1n) is 6.38. The van der Waals surface area contributed by atoms with Crippen molar-refractivity contribution in [2.45, 2.75) is 64.9 Å². The van der Waals surface area contributed by atoms with Gasteiger partial charge in [0.1, 0.15) is 0 Å². The Labute approximate surface area is 103 Å². The zero-order chi connectivity index (χ0) is 11.1. The van der Waals surface area contributed by atoms with Gasteiger partial charge in [0.2, 0.25) is 0 Å². The lowest BCUT2D eigenvalue weighted by Gasteiger charge is -2.27. The van der Waals surface area contributed by atoms with E-state index in [-0.39, 0.29) is 0 Å². The number of ether oxygens (including phenoxy) is 1. The van der Waals surface area contributed by atoms with Crippen molar-refractivity contribution in [3.8, 4) is 0 Å². The second kappa shape index (κ2) is 6.90. The summed E-state index contributed by atoms with van der Waals surface area (Å²) in [7, 11) is 0. The van der Waals surface area contributed by atoms with Crippen LogP contribution in [0.1, 0.15) is 58.8 Å². The van der Waals surface area contributed by atoms with E-state index in [1.165, 1.54) is 44.9 Å². The lowest BCUT2D eigenvalue weighted by molar-refractivity contribution is 0.0985. The summed E-state index contributed by atoms with van der Waals surface area (Å²) in [6, 6.07) is 0. The first-order chi connectivity index (χ1) is 7.20. The molecule has 1 aliphatic heterocycles. The first kappa shape index (κ1) is 13.5. The van der Waals surface area contributed by atoms with E-state index in [2.05, 4.69) is 29.8 Å². The van der Waals surface area contributed by atoms with E-state index in [0.29, 0.717) is 11.5 Å². The number of halogens is 1. The van der Waals surface area contributed by atoms with E-state index in [9.17, 15) is 0 Å². The van der Waals surface area contributed by atoms with Crippen LogP contribution in [0.4, 0.5) is 0 Å². The summed E-state index contributed by atoms with van der Waals surface area (Å²) in [6.07, 6.45) is 9.71. The lowest BCUT2D eigenvalue weighted by atomic mass is 9.82. The van der Waals surface area contributed by atoms with E-state index >= 15 is 0 Å². The molecule has 90 valence electrons. The quantitative estimate of drug-likeness (QED) is 0.621. The van der Waals surface area contributed by atoms with Crippen LogP contribution in [0.5, 0.6) is 0 Å². The predicted molar refractivity (Wildman–Crippen MR) is 69.6 cm³/mol. The number of alkyl halides is 1. The van der Waals surface area contributed by atoms with Crippen molar-refractivity contribution in [1.82, 2.24) is 0 Å². The van der Waals surface area contributed by atoms with Crippen LogP contribution in [0.2, 0.25) is 0 Å². The van der Waals surface area contributed by atoms with Gasteiger partial charge >= 0.3 is 0 Å². The van der Waals surface area contributed by atoms with Crippen LogP contribution < -0.4 is 0 Å². The summed E-state index contributed by atoms with van der Waals surface area (Å²) < 4.78 is 5.65. The molecule has 1 rings (SSSR count). The van der Waals surface area contributed by atoms with Gasteiger partial charge in [0.05, 0.1) is 6.10 Å². The molecule has 0 saturated carbocycles. The lowest BCUT2D eigenvalue weighted by Crippen LogP contribution is -2.18. The third-order valence-electron chi connectivity index (χ3n) is 3.51. The Morgan fingerprint density at radius 3 is 2.73 bits per heavy atom. The molecule has 1 saturated heterocycles. The summed E-state index contributed by atoms with van der Waals surface area (Å²) in [6.45, 7) is 5.68. The second-order valence-electron chi connectivity index (χ2n) is 5.22. The van der Waals surface area contributed by atoms with Crippen LogP contribution >= 0.6 is 15.9 Å². The molecular formula is C13H25BrO. The van der Waals surface area contributed by atoms with Gasteiger partial charge in [0.25, 0.3) is 0 Å². The van der Waals surface area contributed by atoms with Crippen LogP contribution in [-0.4, -0.2) is 18.0 Å². The monoisotopic (exact) mass is 276 g/mol. The Kier molecular flexibility index (Phi) is 6.21. The average Bonchev–Trinajstić information content (AvgIpc) is 2.71. The van der Waals surface area contributed by atoms with E-state index < -0.39 is 0 Å². The van der Waals surface area contributed by atoms with Gasteiger partial charge < -0.3 is 4.74 Å². The highest BCUT2D eigenvalue weighted by molar-refractivity contribution is 9.09. The highest BCUT2D eigenvalue weighted by Gasteiger charge is 2.22. The fourth-order valence-electron chi connectivity index (χ4n) is 2.49. The highest BCUT2D eigenvalue weighted by atomic mass is 79.9. The maximum Gasteiger partial charge on any atom is 0.0576 e. The summed E-state index contributed by atoms with van der Waals surface area (Å²) in [5.74, 6) is 0. The van der Waals surface area contributed by atoms with Gasteiger partial charge in [-0.2, -0.15) is 0 Å². The number of hydrogen-bond donors (Lipinski definition) is 0. The van der Waals surface area contributed by atoms with Crippen LogP contribution in [0, 0.1) is 5.41 Å². The van der Waals surface area contributed by atoms with Crippen LogP contribution in [0.3, 0.4) is 0 Å². The Bertz CT molecular complexity index is 166. The molecule has 1 aliphatic rings. The highest BCUT2D eigenvalue weighted by Crippen LogP contribution is 2.32. The Morgan fingerprint density at radius 1 is 1.40 bits per heavy atom. The van der Waals surface area contributed by atoms with Crippen molar-refractivity contribution >= 4 is 15.9 Å². The molecule has 1 fully saturated rings. The Hall–Kier alpha value is 0.440. The summed E-state index contributed by atoms with van der Waals surface area (Å²) in [5, 5.41) is 1.14. The van der Waals surface area contributed by atoms with E-state index in [0.717, 1.165) is 11.9 Å². The smallest absolute Gasteiger partial charge is 0.0576 e. The van der Waals surface area contributed by atoms with E-state index in [1.807, 2.05) is 0 Å². The van der Waals surface area contributed by atoms with Crippen LogP contribution in [0.15, 0.2) is 0 Å². The molecule has 0 radical (unpaired) electrons. The molecule has 0 aromatic heterocycles. The zero-order valence-electron chi connectivity index (χ0n) is 10.2. The van der Waals surface area contributed by atoms with E-state index in [1.54, 1.807) is 0 Å². The van der Waals surface area contributed by atoms with Crippen molar-refractivity contribution in [3.63, 3.8) is 0 Å². The summed E-state index contributed by atoms with van der Waals surface area (Å²) >= 11 is 3.66.